The molecule has 1 aliphatic rings. The Morgan fingerprint density at radius 1 is 1.33 bits per heavy atom. The first-order valence-electron chi connectivity index (χ1n) is 7.65. The maximum Gasteiger partial charge on any atom is 0.306 e. The van der Waals surface area contributed by atoms with Crippen LogP contribution in [0.3, 0.4) is 0 Å². The lowest BCUT2D eigenvalue weighted by atomic mass is 9.80. The lowest BCUT2D eigenvalue weighted by Crippen LogP contribution is -2.39. The molecule has 1 fully saturated rings. The Morgan fingerprint density at radius 2 is 2.17 bits per heavy atom. The summed E-state index contributed by atoms with van der Waals surface area (Å²) in [6.45, 7) is 1.74. The average Bonchev–Trinajstić information content (AvgIpc) is 2.96. The van der Waals surface area contributed by atoms with E-state index in [1.165, 1.54) is 6.33 Å². The maximum absolute atomic E-state index is 10.9. The van der Waals surface area contributed by atoms with Crippen LogP contribution in [0.15, 0.2) is 29.0 Å². The molecule has 0 atom stereocenters. The Morgan fingerprint density at radius 3 is 2.88 bits per heavy atom. The second-order valence-corrected chi connectivity index (χ2v) is 5.94. The van der Waals surface area contributed by atoms with Gasteiger partial charge in [0.15, 0.2) is 0 Å². The molecule has 0 bridgehead atoms. The molecular weight excluding hydrogens is 310 g/mol. The first kappa shape index (κ1) is 14.6. The van der Waals surface area contributed by atoms with Gasteiger partial charge in [-0.25, -0.2) is 9.97 Å². The summed E-state index contributed by atoms with van der Waals surface area (Å²) < 4.78 is 5.02. The van der Waals surface area contributed by atoms with E-state index in [4.69, 9.17) is 9.63 Å². The molecule has 8 heteroatoms. The van der Waals surface area contributed by atoms with Crippen LogP contribution in [-0.2, 0) is 4.79 Å². The highest BCUT2D eigenvalue weighted by molar-refractivity contribution is 5.92. The second-order valence-electron chi connectivity index (χ2n) is 5.94. The highest BCUT2D eigenvalue weighted by Crippen LogP contribution is 2.32. The number of aromatic nitrogens is 4. The summed E-state index contributed by atoms with van der Waals surface area (Å²) in [6, 6.07) is 5.78. The van der Waals surface area contributed by atoms with E-state index in [-0.39, 0.29) is 12.0 Å². The van der Waals surface area contributed by atoms with Crippen LogP contribution in [0, 0.1) is 12.8 Å². The molecule has 1 saturated carbocycles. The van der Waals surface area contributed by atoms with Crippen molar-refractivity contribution in [2.24, 2.45) is 5.92 Å². The molecular formula is C16H15N5O3. The SMILES string of the molecule is Cc1nc(-c2ccc3ncnc(N[C@H]4C[C@@H](C(=O)O)C4)c3c2)no1. The molecule has 2 heterocycles. The molecule has 0 unspecified atom stereocenters. The molecule has 122 valence electrons. The van der Waals surface area contributed by atoms with Crippen molar-refractivity contribution >= 4 is 22.7 Å². The maximum atomic E-state index is 10.9. The van der Waals surface area contributed by atoms with E-state index in [1.807, 2.05) is 18.2 Å². The minimum atomic E-state index is -0.740. The van der Waals surface area contributed by atoms with Gasteiger partial charge in [0, 0.05) is 23.9 Å². The van der Waals surface area contributed by atoms with Crippen LogP contribution in [0.25, 0.3) is 22.3 Å². The van der Waals surface area contributed by atoms with Crippen LogP contribution in [0.2, 0.25) is 0 Å². The van der Waals surface area contributed by atoms with Crippen molar-refractivity contribution in [3.63, 3.8) is 0 Å². The van der Waals surface area contributed by atoms with Gasteiger partial charge in [-0.15, -0.1) is 0 Å². The molecule has 1 aromatic carbocycles. The predicted molar refractivity (Wildman–Crippen MR) is 85.3 cm³/mol. The number of nitrogens with one attached hydrogen (secondary N) is 1. The molecule has 2 N–H and O–H groups in total. The van der Waals surface area contributed by atoms with Crippen molar-refractivity contribution in [2.45, 2.75) is 25.8 Å². The van der Waals surface area contributed by atoms with E-state index < -0.39 is 5.97 Å². The van der Waals surface area contributed by atoms with E-state index in [2.05, 4.69) is 25.4 Å². The molecule has 0 radical (unpaired) electrons. The highest BCUT2D eigenvalue weighted by atomic mass is 16.5. The number of carbonyl (C=O) groups is 1. The number of hydrogen-bond acceptors (Lipinski definition) is 7. The molecule has 0 aliphatic heterocycles. The third-order valence-corrected chi connectivity index (χ3v) is 4.25. The number of nitrogens with zero attached hydrogens (tertiary/aromatic N) is 4. The fourth-order valence-corrected chi connectivity index (χ4v) is 2.86. The number of aliphatic carboxylic acids is 1. The van der Waals surface area contributed by atoms with Crippen molar-refractivity contribution < 1.29 is 14.4 Å². The van der Waals surface area contributed by atoms with Gasteiger partial charge in [-0.2, -0.15) is 4.98 Å². The Hall–Kier alpha value is -3.03. The zero-order valence-electron chi connectivity index (χ0n) is 12.9. The summed E-state index contributed by atoms with van der Waals surface area (Å²) in [6.07, 6.45) is 2.70. The molecule has 0 spiro atoms. The van der Waals surface area contributed by atoms with Crippen LogP contribution in [0.1, 0.15) is 18.7 Å². The van der Waals surface area contributed by atoms with Gasteiger partial charge >= 0.3 is 5.97 Å². The van der Waals surface area contributed by atoms with Gasteiger partial charge in [0.05, 0.1) is 11.4 Å². The zero-order valence-corrected chi connectivity index (χ0v) is 12.9. The van der Waals surface area contributed by atoms with Crippen LogP contribution in [0.5, 0.6) is 0 Å². The van der Waals surface area contributed by atoms with E-state index in [0.717, 1.165) is 16.5 Å². The van der Waals surface area contributed by atoms with Gasteiger partial charge in [-0.3, -0.25) is 4.79 Å². The second kappa shape index (κ2) is 5.55. The normalized spacial score (nSPS) is 19.9. The molecule has 3 aromatic rings. The number of anilines is 1. The summed E-state index contributed by atoms with van der Waals surface area (Å²) >= 11 is 0. The minimum absolute atomic E-state index is 0.111. The van der Waals surface area contributed by atoms with Crippen molar-refractivity contribution in [1.29, 1.82) is 0 Å². The van der Waals surface area contributed by atoms with Gasteiger partial charge in [0.25, 0.3) is 0 Å². The van der Waals surface area contributed by atoms with Gasteiger partial charge in [0.1, 0.15) is 12.1 Å². The number of carboxylic acid groups (broad SMARTS) is 1. The number of fused-ring (bicyclic) bond motifs is 1. The molecule has 0 saturated heterocycles. The van der Waals surface area contributed by atoms with Crippen LogP contribution >= 0.6 is 0 Å². The third-order valence-electron chi connectivity index (χ3n) is 4.25. The Balaban J connectivity index is 1.64. The van der Waals surface area contributed by atoms with Crippen LogP contribution < -0.4 is 5.32 Å². The van der Waals surface area contributed by atoms with Crippen molar-refractivity contribution in [1.82, 2.24) is 20.1 Å². The molecule has 1 aliphatic carbocycles. The summed E-state index contributed by atoms with van der Waals surface area (Å²) in [5.74, 6) is 0.695. The smallest absolute Gasteiger partial charge is 0.306 e. The summed E-state index contributed by atoms with van der Waals surface area (Å²) in [5, 5.41) is 17.1. The minimum Gasteiger partial charge on any atom is -0.481 e. The first-order valence-corrected chi connectivity index (χ1v) is 7.65. The van der Waals surface area contributed by atoms with E-state index in [1.54, 1.807) is 6.92 Å². The van der Waals surface area contributed by atoms with Crippen LogP contribution in [-0.4, -0.2) is 37.2 Å². The summed E-state index contributed by atoms with van der Waals surface area (Å²) in [5.41, 5.74) is 1.61. The Bertz CT molecular complexity index is 917. The highest BCUT2D eigenvalue weighted by Gasteiger charge is 2.34. The monoisotopic (exact) mass is 325 g/mol. The lowest BCUT2D eigenvalue weighted by Gasteiger charge is -2.33. The van der Waals surface area contributed by atoms with Gasteiger partial charge < -0.3 is 14.9 Å². The Labute approximate surface area is 136 Å². The molecule has 8 nitrogen and oxygen atoms in total. The lowest BCUT2D eigenvalue weighted by molar-refractivity contribution is -0.144. The van der Waals surface area contributed by atoms with Crippen molar-refractivity contribution in [2.75, 3.05) is 5.32 Å². The fraction of sp³-hybridized carbons (Fsp3) is 0.312. The first-order chi connectivity index (χ1) is 11.6. The van der Waals surface area contributed by atoms with E-state index >= 15 is 0 Å². The van der Waals surface area contributed by atoms with Crippen molar-refractivity contribution in [3.8, 4) is 11.4 Å². The number of aryl methyl sites for hydroxylation is 1. The molecule has 4 rings (SSSR count). The molecule has 24 heavy (non-hydrogen) atoms. The zero-order chi connectivity index (χ0) is 16.7. The molecule has 2 aromatic heterocycles. The van der Waals surface area contributed by atoms with Gasteiger partial charge in [-0.05, 0) is 31.0 Å². The topological polar surface area (TPSA) is 114 Å². The third kappa shape index (κ3) is 2.55. The van der Waals surface area contributed by atoms with E-state index in [9.17, 15) is 4.79 Å². The van der Waals surface area contributed by atoms with E-state index in [0.29, 0.717) is 30.4 Å². The predicted octanol–water partition coefficient (Wildman–Crippen LogP) is 2.26. The van der Waals surface area contributed by atoms with Crippen LogP contribution in [0.4, 0.5) is 5.82 Å². The number of rotatable bonds is 4. The summed E-state index contributed by atoms with van der Waals surface area (Å²) in [4.78, 5) is 23.7. The molecule has 0 amide bonds. The Kier molecular flexibility index (Phi) is 3.37. The standard InChI is InChI=1S/C16H15N5O3/c1-8-19-14(21-24-8)9-2-3-13-12(6-9)15(18-7-17-13)20-11-4-10(5-11)16(22)23/h2-3,6-7,10-11H,4-5H2,1H3,(H,22,23)(H,17,18,20)/t10-,11+. The number of carboxylic acids is 1. The fourth-order valence-electron chi connectivity index (χ4n) is 2.86. The van der Waals surface area contributed by atoms with Gasteiger partial charge in [0.2, 0.25) is 11.7 Å². The van der Waals surface area contributed by atoms with Gasteiger partial charge in [-0.1, -0.05) is 5.16 Å². The largest absolute Gasteiger partial charge is 0.481 e. The quantitative estimate of drug-likeness (QED) is 0.751. The number of benzene rings is 1. The van der Waals surface area contributed by atoms with Crippen molar-refractivity contribution in [3.05, 3.63) is 30.4 Å². The average molecular weight is 325 g/mol. The summed E-state index contributed by atoms with van der Waals surface area (Å²) in [7, 11) is 0. The number of hydrogen-bond donors (Lipinski definition) is 2.